The summed E-state index contributed by atoms with van der Waals surface area (Å²) < 4.78 is 5.69. The number of hydrogen-bond donors (Lipinski definition) is 3. The highest BCUT2D eigenvalue weighted by atomic mass is 127. The molecule has 0 bridgehead atoms. The molecule has 6 heteroatoms. The van der Waals surface area contributed by atoms with Gasteiger partial charge < -0.3 is 20.5 Å². The number of hydrogen-bond acceptors (Lipinski definition) is 3. The SMILES string of the molecule is CCCC1CC1NC(=NCC(O)c1cccc(OC(C)C)c1)NCC.I. The van der Waals surface area contributed by atoms with Crippen LogP contribution in [0.5, 0.6) is 5.75 Å². The average molecular weight is 475 g/mol. The first-order chi connectivity index (χ1) is 12.0. The van der Waals surface area contributed by atoms with Crippen LogP contribution in [0.15, 0.2) is 29.3 Å². The van der Waals surface area contributed by atoms with Gasteiger partial charge in [-0.3, -0.25) is 4.99 Å². The molecule has 1 saturated carbocycles. The summed E-state index contributed by atoms with van der Waals surface area (Å²) in [5.41, 5.74) is 0.827. The van der Waals surface area contributed by atoms with Gasteiger partial charge in [0.2, 0.25) is 0 Å². The lowest BCUT2D eigenvalue weighted by Crippen LogP contribution is -2.39. The van der Waals surface area contributed by atoms with Gasteiger partial charge in [0.15, 0.2) is 5.96 Å². The quantitative estimate of drug-likeness (QED) is 0.288. The summed E-state index contributed by atoms with van der Waals surface area (Å²) in [7, 11) is 0. The Kier molecular flexibility index (Phi) is 10.3. The van der Waals surface area contributed by atoms with Gasteiger partial charge >= 0.3 is 0 Å². The van der Waals surface area contributed by atoms with E-state index < -0.39 is 6.10 Å². The zero-order valence-electron chi connectivity index (χ0n) is 16.4. The van der Waals surface area contributed by atoms with Gasteiger partial charge in [-0.2, -0.15) is 0 Å². The van der Waals surface area contributed by atoms with Crippen LogP contribution in [-0.4, -0.2) is 36.3 Å². The molecule has 5 nitrogen and oxygen atoms in total. The molecule has 1 fully saturated rings. The molecule has 1 aliphatic carbocycles. The summed E-state index contributed by atoms with van der Waals surface area (Å²) in [6, 6.07) is 8.14. The van der Waals surface area contributed by atoms with E-state index in [2.05, 4.69) is 29.5 Å². The number of benzene rings is 1. The minimum atomic E-state index is -0.642. The number of aliphatic imine (C=N–C) groups is 1. The van der Waals surface area contributed by atoms with Crippen LogP contribution >= 0.6 is 24.0 Å². The third-order valence-corrected chi connectivity index (χ3v) is 4.29. The van der Waals surface area contributed by atoms with Crippen LogP contribution in [0, 0.1) is 5.92 Å². The standard InChI is InChI=1S/C20H33N3O2.HI/c1-5-8-15-12-18(15)23-20(21-6-2)22-13-19(24)16-9-7-10-17(11-16)25-14(3)4;/h7,9-11,14-15,18-19,24H,5-6,8,12-13H2,1-4H3,(H2,21,22,23);1H. The summed E-state index contributed by atoms with van der Waals surface area (Å²) in [4.78, 5) is 4.56. The highest BCUT2D eigenvalue weighted by Crippen LogP contribution is 2.34. The van der Waals surface area contributed by atoms with Gasteiger partial charge in [0.25, 0.3) is 0 Å². The van der Waals surface area contributed by atoms with E-state index in [1.54, 1.807) is 0 Å². The number of halogens is 1. The summed E-state index contributed by atoms with van der Waals surface area (Å²) in [6.45, 7) is 9.40. The fourth-order valence-electron chi connectivity index (χ4n) is 2.96. The normalized spacial score (nSPS) is 20.3. The Labute approximate surface area is 175 Å². The number of aliphatic hydroxyl groups excluding tert-OH is 1. The number of rotatable bonds is 9. The van der Waals surface area contributed by atoms with E-state index in [1.165, 1.54) is 19.3 Å². The van der Waals surface area contributed by atoms with E-state index >= 15 is 0 Å². The van der Waals surface area contributed by atoms with E-state index in [0.717, 1.165) is 29.7 Å². The van der Waals surface area contributed by atoms with Gasteiger partial charge in [0.05, 0.1) is 18.8 Å². The molecule has 0 radical (unpaired) electrons. The Hall–Kier alpha value is -1.02. The maximum absolute atomic E-state index is 10.5. The van der Waals surface area contributed by atoms with Crippen molar-refractivity contribution in [3.63, 3.8) is 0 Å². The fraction of sp³-hybridized carbons (Fsp3) is 0.650. The van der Waals surface area contributed by atoms with Gasteiger partial charge in [-0.05, 0) is 57.2 Å². The van der Waals surface area contributed by atoms with Crippen molar-refractivity contribution in [2.75, 3.05) is 13.1 Å². The third kappa shape index (κ3) is 7.70. The Balaban J connectivity index is 0.00000338. The minimum absolute atomic E-state index is 0. The summed E-state index contributed by atoms with van der Waals surface area (Å²) in [6.07, 6.45) is 3.18. The molecule has 0 amide bonds. The van der Waals surface area contributed by atoms with E-state index in [4.69, 9.17) is 4.74 Å². The van der Waals surface area contributed by atoms with Gasteiger partial charge in [-0.25, -0.2) is 0 Å². The Morgan fingerprint density at radius 3 is 2.77 bits per heavy atom. The van der Waals surface area contributed by atoms with Crippen molar-refractivity contribution < 1.29 is 9.84 Å². The van der Waals surface area contributed by atoms with Crippen molar-refractivity contribution in [3.05, 3.63) is 29.8 Å². The lowest BCUT2D eigenvalue weighted by Gasteiger charge is -2.15. The van der Waals surface area contributed by atoms with Gasteiger partial charge in [-0.15, -0.1) is 24.0 Å². The van der Waals surface area contributed by atoms with Crippen molar-refractivity contribution in [2.45, 2.75) is 65.2 Å². The molecule has 0 aromatic heterocycles. The minimum Gasteiger partial charge on any atom is -0.491 e. The molecule has 3 atom stereocenters. The van der Waals surface area contributed by atoms with Crippen LogP contribution in [0.2, 0.25) is 0 Å². The molecular weight excluding hydrogens is 441 g/mol. The highest BCUT2D eigenvalue weighted by Gasteiger charge is 2.36. The van der Waals surface area contributed by atoms with Crippen molar-refractivity contribution in [1.29, 1.82) is 0 Å². The summed E-state index contributed by atoms with van der Waals surface area (Å²) in [5.74, 6) is 2.34. The molecule has 0 aliphatic heterocycles. The van der Waals surface area contributed by atoms with Crippen LogP contribution in [-0.2, 0) is 0 Å². The van der Waals surface area contributed by atoms with Crippen LogP contribution in [0.25, 0.3) is 0 Å². The molecule has 1 aliphatic rings. The molecule has 0 heterocycles. The predicted molar refractivity (Wildman–Crippen MR) is 118 cm³/mol. The number of aliphatic hydroxyl groups is 1. The van der Waals surface area contributed by atoms with E-state index in [1.807, 2.05) is 38.1 Å². The molecule has 3 unspecified atom stereocenters. The molecule has 2 rings (SSSR count). The average Bonchev–Trinajstić information content (AvgIpc) is 3.30. The number of ether oxygens (including phenoxy) is 1. The summed E-state index contributed by atoms with van der Waals surface area (Å²) >= 11 is 0. The van der Waals surface area contributed by atoms with Crippen LogP contribution in [0.1, 0.15) is 58.6 Å². The fourth-order valence-corrected chi connectivity index (χ4v) is 2.96. The molecule has 1 aromatic rings. The second-order valence-corrected chi connectivity index (χ2v) is 7.01. The molecule has 1 aromatic carbocycles. The first-order valence-corrected chi connectivity index (χ1v) is 9.53. The molecule has 0 saturated heterocycles. The topological polar surface area (TPSA) is 65.9 Å². The zero-order chi connectivity index (χ0) is 18.2. The van der Waals surface area contributed by atoms with Gasteiger partial charge in [0.1, 0.15) is 5.75 Å². The molecule has 3 N–H and O–H groups in total. The number of nitrogens with one attached hydrogen (secondary N) is 2. The van der Waals surface area contributed by atoms with E-state index in [9.17, 15) is 5.11 Å². The van der Waals surface area contributed by atoms with Crippen molar-refractivity contribution in [3.8, 4) is 5.75 Å². The van der Waals surface area contributed by atoms with Crippen molar-refractivity contribution >= 4 is 29.9 Å². The van der Waals surface area contributed by atoms with Crippen LogP contribution in [0.3, 0.4) is 0 Å². The predicted octanol–water partition coefficient (Wildman–Crippen LogP) is 3.87. The maximum atomic E-state index is 10.5. The molecule has 26 heavy (non-hydrogen) atoms. The van der Waals surface area contributed by atoms with Gasteiger partial charge in [-0.1, -0.05) is 25.5 Å². The molecule has 0 spiro atoms. The van der Waals surface area contributed by atoms with Crippen LogP contribution in [0.4, 0.5) is 0 Å². The Morgan fingerprint density at radius 2 is 2.12 bits per heavy atom. The lowest BCUT2D eigenvalue weighted by atomic mass is 10.1. The monoisotopic (exact) mass is 475 g/mol. The van der Waals surface area contributed by atoms with Gasteiger partial charge in [0, 0.05) is 12.6 Å². The number of guanidine groups is 1. The maximum Gasteiger partial charge on any atom is 0.191 e. The van der Waals surface area contributed by atoms with E-state index in [-0.39, 0.29) is 30.1 Å². The van der Waals surface area contributed by atoms with E-state index in [0.29, 0.717) is 12.6 Å². The highest BCUT2D eigenvalue weighted by molar-refractivity contribution is 14.0. The second-order valence-electron chi connectivity index (χ2n) is 7.01. The molecule has 148 valence electrons. The smallest absolute Gasteiger partial charge is 0.191 e. The molecular formula is C20H34IN3O2. The third-order valence-electron chi connectivity index (χ3n) is 4.29. The Bertz CT molecular complexity index is 566. The summed E-state index contributed by atoms with van der Waals surface area (Å²) in [5, 5.41) is 17.2. The van der Waals surface area contributed by atoms with Crippen LogP contribution < -0.4 is 15.4 Å². The Morgan fingerprint density at radius 1 is 1.35 bits per heavy atom. The number of nitrogens with zero attached hydrogens (tertiary/aromatic N) is 1. The lowest BCUT2D eigenvalue weighted by molar-refractivity contribution is 0.185. The zero-order valence-corrected chi connectivity index (χ0v) is 18.7. The first-order valence-electron chi connectivity index (χ1n) is 9.53. The first kappa shape index (κ1) is 23.0. The largest absolute Gasteiger partial charge is 0.491 e. The second kappa shape index (κ2) is 11.6. The van der Waals surface area contributed by atoms with Crippen molar-refractivity contribution in [1.82, 2.24) is 10.6 Å². The van der Waals surface area contributed by atoms with Crippen molar-refractivity contribution in [2.24, 2.45) is 10.9 Å².